The zero-order chi connectivity index (χ0) is 12.3. The van der Waals surface area contributed by atoms with E-state index < -0.39 is 5.97 Å². The lowest BCUT2D eigenvalue weighted by atomic mass is 10.1. The SMILES string of the molecule is CCn1cncc1CSCC1(CC(=O)O)CC1. The number of carbonyl (C=O) groups is 1. The normalized spacial score (nSPS) is 17.0. The quantitative estimate of drug-likeness (QED) is 0.811. The van der Waals surface area contributed by atoms with Crippen LogP contribution in [0, 0.1) is 5.41 Å². The van der Waals surface area contributed by atoms with Gasteiger partial charge in [0.05, 0.1) is 12.7 Å². The number of carboxylic acid groups (broad SMARTS) is 1. The van der Waals surface area contributed by atoms with Gasteiger partial charge in [0.1, 0.15) is 0 Å². The first-order chi connectivity index (χ1) is 8.15. The number of hydrogen-bond donors (Lipinski definition) is 1. The minimum absolute atomic E-state index is 0.0908. The Morgan fingerprint density at radius 1 is 1.65 bits per heavy atom. The molecule has 0 spiro atoms. The Kier molecular flexibility index (Phi) is 3.76. The molecular formula is C12H18N2O2S. The van der Waals surface area contributed by atoms with E-state index in [-0.39, 0.29) is 5.41 Å². The highest BCUT2D eigenvalue weighted by atomic mass is 32.2. The monoisotopic (exact) mass is 254 g/mol. The van der Waals surface area contributed by atoms with Gasteiger partial charge in [0.2, 0.25) is 0 Å². The number of carboxylic acids is 1. The number of hydrogen-bond acceptors (Lipinski definition) is 3. The average Bonchev–Trinajstić information content (AvgIpc) is 2.88. The Morgan fingerprint density at radius 3 is 3.00 bits per heavy atom. The van der Waals surface area contributed by atoms with Gasteiger partial charge in [0.25, 0.3) is 0 Å². The highest BCUT2D eigenvalue weighted by Crippen LogP contribution is 2.51. The fourth-order valence-electron chi connectivity index (χ4n) is 1.99. The zero-order valence-corrected chi connectivity index (χ0v) is 10.9. The molecule has 0 aliphatic heterocycles. The Hall–Kier alpha value is -0.970. The average molecular weight is 254 g/mol. The summed E-state index contributed by atoms with van der Waals surface area (Å²) in [4.78, 5) is 14.9. The smallest absolute Gasteiger partial charge is 0.303 e. The van der Waals surface area contributed by atoms with E-state index in [4.69, 9.17) is 5.11 Å². The second-order valence-electron chi connectivity index (χ2n) is 4.73. The third kappa shape index (κ3) is 3.25. The standard InChI is InChI=1S/C12H18N2O2S/c1-2-14-9-13-6-10(14)7-17-8-12(3-4-12)5-11(15)16/h6,9H,2-5,7-8H2,1H3,(H,15,16). The molecule has 1 N–H and O–H groups in total. The van der Waals surface area contributed by atoms with Crippen molar-refractivity contribution >= 4 is 17.7 Å². The molecule has 2 rings (SSSR count). The van der Waals surface area contributed by atoms with Crippen molar-refractivity contribution in [3.8, 4) is 0 Å². The molecule has 1 saturated carbocycles. The highest BCUT2D eigenvalue weighted by molar-refractivity contribution is 7.98. The van der Waals surface area contributed by atoms with Gasteiger partial charge in [-0.1, -0.05) is 0 Å². The molecular weight excluding hydrogens is 236 g/mol. The van der Waals surface area contributed by atoms with Gasteiger partial charge in [-0.15, -0.1) is 0 Å². The molecule has 1 aromatic heterocycles. The van der Waals surface area contributed by atoms with Crippen LogP contribution in [0.2, 0.25) is 0 Å². The van der Waals surface area contributed by atoms with Gasteiger partial charge in [-0.25, -0.2) is 4.98 Å². The summed E-state index contributed by atoms with van der Waals surface area (Å²) in [7, 11) is 0. The first-order valence-corrected chi connectivity index (χ1v) is 7.09. The number of nitrogens with zero attached hydrogens (tertiary/aromatic N) is 2. The van der Waals surface area contributed by atoms with Gasteiger partial charge in [-0.2, -0.15) is 11.8 Å². The van der Waals surface area contributed by atoms with Crippen LogP contribution in [0.15, 0.2) is 12.5 Å². The van der Waals surface area contributed by atoms with Gasteiger partial charge in [-0.05, 0) is 30.9 Å². The number of aromatic nitrogens is 2. The number of imidazole rings is 1. The number of rotatable bonds is 7. The lowest BCUT2D eigenvalue weighted by molar-refractivity contribution is -0.138. The Bertz CT molecular complexity index is 399. The molecule has 17 heavy (non-hydrogen) atoms. The molecule has 0 aromatic carbocycles. The first kappa shape index (κ1) is 12.5. The van der Waals surface area contributed by atoms with Crippen LogP contribution in [0.4, 0.5) is 0 Å². The predicted octanol–water partition coefficient (Wildman–Crippen LogP) is 2.39. The highest BCUT2D eigenvalue weighted by Gasteiger charge is 2.44. The van der Waals surface area contributed by atoms with Gasteiger partial charge in [0, 0.05) is 24.2 Å². The van der Waals surface area contributed by atoms with Crippen LogP contribution in [0.25, 0.3) is 0 Å². The molecule has 0 saturated heterocycles. The summed E-state index contributed by atoms with van der Waals surface area (Å²) in [6.07, 6.45) is 6.21. The zero-order valence-electron chi connectivity index (χ0n) is 10.1. The van der Waals surface area contributed by atoms with Gasteiger partial charge < -0.3 is 9.67 Å². The molecule has 1 fully saturated rings. The number of thioether (sulfide) groups is 1. The summed E-state index contributed by atoms with van der Waals surface area (Å²) >= 11 is 1.83. The minimum Gasteiger partial charge on any atom is -0.481 e. The van der Waals surface area contributed by atoms with E-state index in [2.05, 4.69) is 16.5 Å². The molecule has 94 valence electrons. The van der Waals surface area contributed by atoms with Crippen LogP contribution in [0.1, 0.15) is 31.9 Å². The maximum Gasteiger partial charge on any atom is 0.303 e. The molecule has 1 aliphatic carbocycles. The molecule has 5 heteroatoms. The van der Waals surface area contributed by atoms with Gasteiger partial charge in [0.15, 0.2) is 0 Å². The third-order valence-corrected chi connectivity index (χ3v) is 4.60. The molecule has 0 bridgehead atoms. The van der Waals surface area contributed by atoms with Crippen molar-refractivity contribution in [2.24, 2.45) is 5.41 Å². The van der Waals surface area contributed by atoms with Crippen molar-refractivity contribution in [3.63, 3.8) is 0 Å². The van der Waals surface area contributed by atoms with Crippen molar-refractivity contribution in [2.75, 3.05) is 5.75 Å². The van der Waals surface area contributed by atoms with Crippen LogP contribution in [0.3, 0.4) is 0 Å². The predicted molar refractivity (Wildman–Crippen MR) is 68.0 cm³/mol. The lowest BCUT2D eigenvalue weighted by Crippen LogP contribution is -2.11. The van der Waals surface area contributed by atoms with Gasteiger partial charge in [-0.3, -0.25) is 4.79 Å². The van der Waals surface area contributed by atoms with E-state index in [0.717, 1.165) is 30.9 Å². The van der Waals surface area contributed by atoms with E-state index in [1.54, 1.807) is 0 Å². The van der Waals surface area contributed by atoms with E-state index in [1.165, 1.54) is 5.69 Å². The summed E-state index contributed by atoms with van der Waals surface area (Å²) in [6.45, 7) is 3.04. The number of aryl methyl sites for hydroxylation is 1. The summed E-state index contributed by atoms with van der Waals surface area (Å²) < 4.78 is 2.13. The minimum atomic E-state index is -0.665. The molecule has 0 amide bonds. The second-order valence-corrected chi connectivity index (χ2v) is 5.72. The maximum absolute atomic E-state index is 10.7. The Balaban J connectivity index is 1.78. The maximum atomic E-state index is 10.7. The first-order valence-electron chi connectivity index (χ1n) is 5.94. The Labute approximate surface area is 105 Å². The van der Waals surface area contributed by atoms with Crippen molar-refractivity contribution in [1.29, 1.82) is 0 Å². The molecule has 0 radical (unpaired) electrons. The lowest BCUT2D eigenvalue weighted by Gasteiger charge is -2.12. The number of aliphatic carboxylic acids is 1. The molecule has 4 nitrogen and oxygen atoms in total. The van der Waals surface area contributed by atoms with Crippen LogP contribution in [0.5, 0.6) is 0 Å². The van der Waals surface area contributed by atoms with Crippen LogP contribution in [-0.4, -0.2) is 26.4 Å². The molecule has 1 aliphatic rings. The van der Waals surface area contributed by atoms with Crippen LogP contribution >= 0.6 is 11.8 Å². The van der Waals surface area contributed by atoms with Crippen LogP contribution < -0.4 is 0 Å². The summed E-state index contributed by atoms with van der Waals surface area (Å²) in [5.74, 6) is 1.21. The van der Waals surface area contributed by atoms with E-state index in [1.807, 2.05) is 24.3 Å². The molecule has 1 heterocycles. The largest absolute Gasteiger partial charge is 0.481 e. The topological polar surface area (TPSA) is 55.1 Å². The molecule has 0 unspecified atom stereocenters. The second kappa shape index (κ2) is 5.12. The fourth-order valence-corrected chi connectivity index (χ4v) is 3.37. The summed E-state index contributed by atoms with van der Waals surface area (Å²) in [6, 6.07) is 0. The fraction of sp³-hybridized carbons (Fsp3) is 0.667. The van der Waals surface area contributed by atoms with E-state index >= 15 is 0 Å². The van der Waals surface area contributed by atoms with E-state index in [9.17, 15) is 4.79 Å². The van der Waals surface area contributed by atoms with Crippen molar-refractivity contribution < 1.29 is 9.90 Å². The van der Waals surface area contributed by atoms with E-state index in [0.29, 0.717) is 6.42 Å². The summed E-state index contributed by atoms with van der Waals surface area (Å²) in [5.41, 5.74) is 1.32. The Morgan fingerprint density at radius 2 is 2.41 bits per heavy atom. The van der Waals surface area contributed by atoms with Crippen LogP contribution in [-0.2, 0) is 17.1 Å². The summed E-state index contributed by atoms with van der Waals surface area (Å²) in [5, 5.41) is 8.83. The molecule has 1 aromatic rings. The van der Waals surface area contributed by atoms with Crippen molar-refractivity contribution in [3.05, 3.63) is 18.2 Å². The van der Waals surface area contributed by atoms with Crippen molar-refractivity contribution in [1.82, 2.24) is 9.55 Å². The van der Waals surface area contributed by atoms with Crippen molar-refractivity contribution in [2.45, 2.75) is 38.5 Å². The molecule has 0 atom stereocenters. The van der Waals surface area contributed by atoms with Gasteiger partial charge >= 0.3 is 5.97 Å². The third-order valence-electron chi connectivity index (χ3n) is 3.28.